The van der Waals surface area contributed by atoms with E-state index >= 15 is 0 Å². The van der Waals surface area contributed by atoms with E-state index in [2.05, 4.69) is 37.2 Å². The van der Waals surface area contributed by atoms with E-state index in [9.17, 15) is 0 Å². The van der Waals surface area contributed by atoms with Crippen molar-refractivity contribution >= 4 is 0 Å². The Kier molecular flexibility index (Phi) is 5.58. The van der Waals surface area contributed by atoms with Crippen LogP contribution in [0, 0.1) is 6.92 Å². The summed E-state index contributed by atoms with van der Waals surface area (Å²) in [5, 5.41) is 0. The molecule has 1 heterocycles. The van der Waals surface area contributed by atoms with Gasteiger partial charge in [0, 0.05) is 19.1 Å². The van der Waals surface area contributed by atoms with Gasteiger partial charge in [-0.3, -0.25) is 16.2 Å². The predicted molar refractivity (Wildman–Crippen MR) is 84.2 cm³/mol. The van der Waals surface area contributed by atoms with E-state index in [1.165, 1.54) is 0 Å². The molecule has 2 atom stereocenters. The largest absolute Gasteiger partial charge is 0.497 e. The van der Waals surface area contributed by atoms with Crippen molar-refractivity contribution < 1.29 is 9.47 Å². The van der Waals surface area contributed by atoms with Crippen molar-refractivity contribution in [3.8, 4) is 5.75 Å². The van der Waals surface area contributed by atoms with Crippen LogP contribution in [0.4, 0.5) is 0 Å². The van der Waals surface area contributed by atoms with E-state index in [0.717, 1.165) is 36.6 Å². The number of hydrazine groups is 1. The second-order valence-electron chi connectivity index (χ2n) is 5.86. The maximum absolute atomic E-state index is 5.96. The van der Waals surface area contributed by atoms with Gasteiger partial charge in [-0.15, -0.1) is 0 Å². The molecule has 5 heteroatoms. The molecular formula is C16H27N3O2. The van der Waals surface area contributed by atoms with Crippen molar-refractivity contribution in [3.05, 3.63) is 29.3 Å². The standard InChI is InChI=1S/C16H27N3O2/c1-11(2)19-7-8-21-15(10-19)16(18-17)14-6-5-13(20-4)9-12(14)3/h5-6,9,11,15-16,18H,7-8,10,17H2,1-4H3. The van der Waals surface area contributed by atoms with Crippen LogP contribution < -0.4 is 16.0 Å². The number of hydrogen-bond donors (Lipinski definition) is 2. The Hall–Kier alpha value is -1.14. The summed E-state index contributed by atoms with van der Waals surface area (Å²) in [6.07, 6.45) is 0.0539. The monoisotopic (exact) mass is 293 g/mol. The first kappa shape index (κ1) is 16.2. The molecule has 1 aliphatic heterocycles. The zero-order valence-corrected chi connectivity index (χ0v) is 13.4. The number of morpholine rings is 1. The topological polar surface area (TPSA) is 59.8 Å². The van der Waals surface area contributed by atoms with Crippen molar-refractivity contribution in [1.82, 2.24) is 10.3 Å². The Morgan fingerprint density at radius 3 is 2.76 bits per heavy atom. The van der Waals surface area contributed by atoms with Crippen LogP contribution in [0.3, 0.4) is 0 Å². The molecule has 0 aromatic heterocycles. The number of ether oxygens (including phenoxy) is 2. The molecule has 1 fully saturated rings. The lowest BCUT2D eigenvalue weighted by molar-refractivity contribution is -0.0562. The zero-order valence-electron chi connectivity index (χ0n) is 13.4. The number of hydrogen-bond acceptors (Lipinski definition) is 5. The van der Waals surface area contributed by atoms with Crippen LogP contribution >= 0.6 is 0 Å². The first-order valence-corrected chi connectivity index (χ1v) is 7.53. The van der Waals surface area contributed by atoms with Crippen molar-refractivity contribution in [2.75, 3.05) is 26.8 Å². The van der Waals surface area contributed by atoms with Crippen LogP contribution in [0.15, 0.2) is 18.2 Å². The smallest absolute Gasteiger partial charge is 0.119 e. The van der Waals surface area contributed by atoms with Crippen molar-refractivity contribution in [2.45, 2.75) is 39.0 Å². The molecule has 0 radical (unpaired) electrons. The average Bonchev–Trinajstić information content (AvgIpc) is 2.49. The van der Waals surface area contributed by atoms with Crippen LogP contribution in [0.2, 0.25) is 0 Å². The highest BCUT2D eigenvalue weighted by atomic mass is 16.5. The molecule has 2 rings (SSSR count). The first-order chi connectivity index (χ1) is 10.1. The Balaban J connectivity index is 2.19. The molecule has 0 saturated carbocycles. The first-order valence-electron chi connectivity index (χ1n) is 7.53. The average molecular weight is 293 g/mol. The summed E-state index contributed by atoms with van der Waals surface area (Å²) in [7, 11) is 1.68. The number of benzene rings is 1. The third kappa shape index (κ3) is 3.74. The molecule has 0 amide bonds. The normalized spacial score (nSPS) is 21.5. The number of rotatable bonds is 5. The Morgan fingerprint density at radius 1 is 1.43 bits per heavy atom. The Morgan fingerprint density at radius 2 is 2.19 bits per heavy atom. The van der Waals surface area contributed by atoms with Crippen LogP contribution in [-0.2, 0) is 4.74 Å². The van der Waals surface area contributed by atoms with Gasteiger partial charge in [0.2, 0.25) is 0 Å². The van der Waals surface area contributed by atoms with Crippen LogP contribution in [-0.4, -0.2) is 43.9 Å². The number of nitrogens with zero attached hydrogens (tertiary/aromatic N) is 1. The van der Waals surface area contributed by atoms with Crippen LogP contribution in [0.5, 0.6) is 5.75 Å². The highest BCUT2D eigenvalue weighted by Gasteiger charge is 2.30. The second-order valence-corrected chi connectivity index (χ2v) is 5.86. The third-order valence-corrected chi connectivity index (χ3v) is 4.22. The lowest BCUT2D eigenvalue weighted by Crippen LogP contribution is -2.51. The summed E-state index contributed by atoms with van der Waals surface area (Å²) in [6, 6.07) is 6.57. The summed E-state index contributed by atoms with van der Waals surface area (Å²) < 4.78 is 11.2. The van der Waals surface area contributed by atoms with Gasteiger partial charge in [0.05, 0.1) is 25.9 Å². The summed E-state index contributed by atoms with van der Waals surface area (Å²) in [5.74, 6) is 6.68. The molecule has 0 spiro atoms. The van der Waals surface area contributed by atoms with Gasteiger partial charge in [0.25, 0.3) is 0 Å². The summed E-state index contributed by atoms with van der Waals surface area (Å²) in [4.78, 5) is 2.43. The van der Waals surface area contributed by atoms with E-state index in [1.54, 1.807) is 7.11 Å². The van der Waals surface area contributed by atoms with E-state index in [1.807, 2.05) is 12.1 Å². The van der Waals surface area contributed by atoms with Crippen LogP contribution in [0.25, 0.3) is 0 Å². The maximum atomic E-state index is 5.96. The highest BCUT2D eigenvalue weighted by Crippen LogP contribution is 2.27. The minimum atomic E-state index is -0.0162. The summed E-state index contributed by atoms with van der Waals surface area (Å²) in [6.45, 7) is 9.12. The van der Waals surface area contributed by atoms with E-state index in [-0.39, 0.29) is 12.1 Å². The second kappa shape index (κ2) is 7.22. The molecule has 118 valence electrons. The van der Waals surface area contributed by atoms with Gasteiger partial charge in [-0.05, 0) is 44.0 Å². The Bertz CT molecular complexity index is 465. The summed E-state index contributed by atoms with van der Waals surface area (Å²) >= 11 is 0. The molecule has 5 nitrogen and oxygen atoms in total. The van der Waals surface area contributed by atoms with Crippen molar-refractivity contribution in [2.24, 2.45) is 5.84 Å². The SMILES string of the molecule is COc1ccc(C(NN)C2CN(C(C)C)CCO2)c(C)c1. The van der Waals surface area contributed by atoms with Crippen LogP contribution in [0.1, 0.15) is 31.0 Å². The minimum absolute atomic E-state index is 0.0162. The van der Waals surface area contributed by atoms with Crippen molar-refractivity contribution in [1.29, 1.82) is 0 Å². The van der Waals surface area contributed by atoms with Gasteiger partial charge >= 0.3 is 0 Å². The molecule has 2 unspecified atom stereocenters. The highest BCUT2D eigenvalue weighted by molar-refractivity contribution is 5.37. The number of aryl methyl sites for hydroxylation is 1. The molecule has 0 bridgehead atoms. The van der Waals surface area contributed by atoms with Gasteiger partial charge in [-0.1, -0.05) is 6.07 Å². The predicted octanol–water partition coefficient (Wildman–Crippen LogP) is 1.62. The van der Waals surface area contributed by atoms with Gasteiger partial charge in [0.15, 0.2) is 0 Å². The van der Waals surface area contributed by atoms with Gasteiger partial charge in [0.1, 0.15) is 5.75 Å². The summed E-state index contributed by atoms with van der Waals surface area (Å²) in [5.41, 5.74) is 5.25. The molecule has 1 aromatic rings. The lowest BCUT2D eigenvalue weighted by Gasteiger charge is -2.39. The van der Waals surface area contributed by atoms with E-state index in [0.29, 0.717) is 6.04 Å². The maximum Gasteiger partial charge on any atom is 0.119 e. The fourth-order valence-electron chi connectivity index (χ4n) is 2.89. The number of nitrogens with two attached hydrogens (primary N) is 1. The molecule has 0 aliphatic carbocycles. The quantitative estimate of drug-likeness (QED) is 0.638. The van der Waals surface area contributed by atoms with E-state index in [4.69, 9.17) is 15.3 Å². The molecule has 1 aliphatic rings. The van der Waals surface area contributed by atoms with Gasteiger partial charge < -0.3 is 9.47 Å². The van der Waals surface area contributed by atoms with Gasteiger partial charge in [-0.2, -0.15) is 0 Å². The third-order valence-electron chi connectivity index (χ3n) is 4.22. The molecule has 21 heavy (non-hydrogen) atoms. The molecule has 1 saturated heterocycles. The van der Waals surface area contributed by atoms with Gasteiger partial charge in [-0.25, -0.2) is 0 Å². The fourth-order valence-corrected chi connectivity index (χ4v) is 2.89. The fraction of sp³-hybridized carbons (Fsp3) is 0.625. The molecular weight excluding hydrogens is 266 g/mol. The molecule has 3 N–H and O–H groups in total. The van der Waals surface area contributed by atoms with Crippen molar-refractivity contribution in [3.63, 3.8) is 0 Å². The zero-order chi connectivity index (χ0) is 15.4. The van der Waals surface area contributed by atoms with E-state index < -0.39 is 0 Å². The molecule has 1 aromatic carbocycles. The number of nitrogens with one attached hydrogen (secondary N) is 1. The number of methoxy groups -OCH3 is 1. The lowest BCUT2D eigenvalue weighted by atomic mass is 9.96. The Labute approximate surface area is 127 Å². The minimum Gasteiger partial charge on any atom is -0.497 e.